The summed E-state index contributed by atoms with van der Waals surface area (Å²) in [6.45, 7) is -0.639. The zero-order chi connectivity index (χ0) is 6.62. The smallest absolute Gasteiger partial charge is 0.237 e. The Bertz CT molecular complexity index is 58.8. The Hall–Kier alpha value is -0.250. The van der Waals surface area contributed by atoms with Crippen molar-refractivity contribution in [2.24, 2.45) is 0 Å². The molecule has 0 N–H and O–H groups in total. The minimum atomic E-state index is -4.15. The minimum Gasteiger partial charge on any atom is -0.237 e. The van der Waals surface area contributed by atoms with Gasteiger partial charge in [0.25, 0.3) is 0 Å². The molecule has 0 aromatic carbocycles. The molecule has 4 heteroatoms. The summed E-state index contributed by atoms with van der Waals surface area (Å²) in [7, 11) is 0. The van der Waals surface area contributed by atoms with Gasteiger partial charge in [-0.25, -0.2) is 5.11 Å². The third-order valence-corrected chi connectivity index (χ3v) is 0.605. The summed E-state index contributed by atoms with van der Waals surface area (Å²) in [4.78, 5) is 0. The standard InChI is InChI=1S/C4H6F3O/c5-4(6,7)2-1-3-8/h1-3H2. The van der Waals surface area contributed by atoms with Crippen LogP contribution < -0.4 is 0 Å². The second-order valence-corrected chi connectivity index (χ2v) is 1.42. The first-order valence-corrected chi connectivity index (χ1v) is 2.21. The maximum atomic E-state index is 11.1. The summed E-state index contributed by atoms with van der Waals surface area (Å²) in [5.41, 5.74) is 0. The van der Waals surface area contributed by atoms with Gasteiger partial charge >= 0.3 is 6.18 Å². The molecule has 1 radical (unpaired) electrons. The van der Waals surface area contributed by atoms with Crippen molar-refractivity contribution < 1.29 is 18.3 Å². The number of rotatable bonds is 2. The van der Waals surface area contributed by atoms with E-state index in [9.17, 15) is 18.3 Å². The molecule has 8 heavy (non-hydrogen) atoms. The molecule has 0 amide bonds. The van der Waals surface area contributed by atoms with E-state index < -0.39 is 19.2 Å². The van der Waals surface area contributed by atoms with Crippen molar-refractivity contribution >= 4 is 0 Å². The predicted molar refractivity (Wildman–Crippen MR) is 20.8 cm³/mol. The van der Waals surface area contributed by atoms with Crippen LogP contribution in [0.4, 0.5) is 13.2 Å². The van der Waals surface area contributed by atoms with E-state index in [-0.39, 0.29) is 6.42 Å². The molecule has 0 aliphatic carbocycles. The summed E-state index contributed by atoms with van der Waals surface area (Å²) in [5, 5.41) is 9.48. The summed E-state index contributed by atoms with van der Waals surface area (Å²) in [6, 6.07) is 0. The van der Waals surface area contributed by atoms with Crippen LogP contribution in [-0.2, 0) is 5.11 Å². The zero-order valence-corrected chi connectivity index (χ0v) is 4.16. The van der Waals surface area contributed by atoms with Gasteiger partial charge in [0.2, 0.25) is 0 Å². The molecule has 0 atom stereocenters. The average Bonchev–Trinajstić information content (AvgIpc) is 1.59. The molecule has 0 rings (SSSR count). The highest BCUT2D eigenvalue weighted by atomic mass is 19.4. The highest BCUT2D eigenvalue weighted by molar-refractivity contribution is 4.47. The normalized spacial score (nSPS) is 12.0. The Morgan fingerprint density at radius 3 is 1.88 bits per heavy atom. The van der Waals surface area contributed by atoms with Crippen LogP contribution in [0.3, 0.4) is 0 Å². The topological polar surface area (TPSA) is 19.9 Å². The van der Waals surface area contributed by atoms with Crippen LogP contribution in [0, 0.1) is 0 Å². The highest BCUT2D eigenvalue weighted by Crippen LogP contribution is 2.20. The van der Waals surface area contributed by atoms with E-state index in [0.717, 1.165) is 0 Å². The predicted octanol–water partition coefficient (Wildman–Crippen LogP) is 1.76. The molecule has 0 fully saturated rings. The fraction of sp³-hybridized carbons (Fsp3) is 1.00. The third-order valence-electron chi connectivity index (χ3n) is 0.605. The first kappa shape index (κ1) is 7.75. The maximum Gasteiger partial charge on any atom is 0.389 e. The molecule has 0 heterocycles. The van der Waals surface area contributed by atoms with E-state index in [4.69, 9.17) is 0 Å². The largest absolute Gasteiger partial charge is 0.389 e. The Kier molecular flexibility index (Phi) is 2.82. The van der Waals surface area contributed by atoms with E-state index in [0.29, 0.717) is 0 Å². The molecular weight excluding hydrogens is 121 g/mol. The van der Waals surface area contributed by atoms with Gasteiger partial charge in [-0.3, -0.25) is 0 Å². The Morgan fingerprint density at radius 2 is 1.75 bits per heavy atom. The van der Waals surface area contributed by atoms with Gasteiger partial charge < -0.3 is 0 Å². The molecular formula is C4H6F3O. The first-order valence-electron chi connectivity index (χ1n) is 2.21. The second-order valence-electron chi connectivity index (χ2n) is 1.42. The van der Waals surface area contributed by atoms with Crippen molar-refractivity contribution in [3.63, 3.8) is 0 Å². The van der Waals surface area contributed by atoms with E-state index >= 15 is 0 Å². The van der Waals surface area contributed by atoms with Gasteiger partial charge in [-0.15, -0.1) is 0 Å². The Morgan fingerprint density at radius 1 is 1.25 bits per heavy atom. The molecule has 0 spiro atoms. The number of alkyl halides is 3. The SMILES string of the molecule is [O]CCCC(F)(F)F. The number of halogens is 3. The van der Waals surface area contributed by atoms with Crippen molar-refractivity contribution in [2.45, 2.75) is 19.0 Å². The minimum absolute atomic E-state index is 0.302. The van der Waals surface area contributed by atoms with Gasteiger partial charge in [-0.2, -0.15) is 13.2 Å². The average molecular weight is 127 g/mol. The van der Waals surface area contributed by atoms with E-state index in [1.165, 1.54) is 0 Å². The Labute approximate surface area is 45.1 Å². The van der Waals surface area contributed by atoms with Crippen molar-refractivity contribution in [1.29, 1.82) is 0 Å². The summed E-state index contributed by atoms with van der Waals surface area (Å²) >= 11 is 0. The molecule has 1 nitrogen and oxygen atoms in total. The van der Waals surface area contributed by atoms with Crippen LogP contribution in [0.15, 0.2) is 0 Å². The fourth-order valence-corrected chi connectivity index (χ4v) is 0.273. The summed E-state index contributed by atoms with van der Waals surface area (Å²) in [6.07, 6.45) is -5.40. The second kappa shape index (κ2) is 2.91. The third kappa shape index (κ3) is 5.75. The molecule has 0 aliphatic rings. The van der Waals surface area contributed by atoms with Crippen LogP contribution in [0.5, 0.6) is 0 Å². The van der Waals surface area contributed by atoms with Gasteiger partial charge in [-0.1, -0.05) is 0 Å². The molecule has 0 saturated heterocycles. The first-order chi connectivity index (χ1) is 3.56. The lowest BCUT2D eigenvalue weighted by molar-refractivity contribution is -0.137. The van der Waals surface area contributed by atoms with Crippen LogP contribution in [0.2, 0.25) is 0 Å². The van der Waals surface area contributed by atoms with Crippen molar-refractivity contribution in [3.8, 4) is 0 Å². The van der Waals surface area contributed by atoms with Crippen LogP contribution in [-0.4, -0.2) is 12.8 Å². The quantitative estimate of drug-likeness (QED) is 0.538. The van der Waals surface area contributed by atoms with Gasteiger partial charge in [0.05, 0.1) is 6.61 Å². The lowest BCUT2D eigenvalue weighted by Crippen LogP contribution is -2.06. The van der Waals surface area contributed by atoms with Crippen LogP contribution in [0.1, 0.15) is 12.8 Å². The fourth-order valence-electron chi connectivity index (χ4n) is 0.273. The van der Waals surface area contributed by atoms with E-state index in [2.05, 4.69) is 0 Å². The van der Waals surface area contributed by atoms with Gasteiger partial charge in [0.1, 0.15) is 0 Å². The van der Waals surface area contributed by atoms with Gasteiger partial charge in [-0.05, 0) is 6.42 Å². The molecule has 0 aromatic rings. The van der Waals surface area contributed by atoms with Crippen molar-refractivity contribution in [3.05, 3.63) is 0 Å². The molecule has 0 aliphatic heterocycles. The lowest BCUT2D eigenvalue weighted by Gasteiger charge is -2.01. The summed E-state index contributed by atoms with van der Waals surface area (Å²) < 4.78 is 33.3. The molecule has 0 bridgehead atoms. The molecule has 0 unspecified atom stereocenters. The van der Waals surface area contributed by atoms with Crippen LogP contribution >= 0.6 is 0 Å². The zero-order valence-electron chi connectivity index (χ0n) is 4.16. The number of hydrogen-bond acceptors (Lipinski definition) is 0. The number of hydrogen-bond donors (Lipinski definition) is 0. The van der Waals surface area contributed by atoms with Crippen LogP contribution in [0.25, 0.3) is 0 Å². The van der Waals surface area contributed by atoms with Crippen molar-refractivity contribution in [1.82, 2.24) is 0 Å². The molecule has 49 valence electrons. The van der Waals surface area contributed by atoms with E-state index in [1.54, 1.807) is 0 Å². The van der Waals surface area contributed by atoms with E-state index in [1.807, 2.05) is 0 Å². The highest BCUT2D eigenvalue weighted by Gasteiger charge is 2.25. The maximum absolute atomic E-state index is 11.1. The van der Waals surface area contributed by atoms with Crippen molar-refractivity contribution in [2.75, 3.05) is 6.61 Å². The Balaban J connectivity index is 3.11. The summed E-state index contributed by atoms with van der Waals surface area (Å²) in [5.74, 6) is 0. The lowest BCUT2D eigenvalue weighted by atomic mass is 10.3. The van der Waals surface area contributed by atoms with Gasteiger partial charge in [0, 0.05) is 6.42 Å². The molecule has 0 aromatic heterocycles. The van der Waals surface area contributed by atoms with Gasteiger partial charge in [0.15, 0.2) is 0 Å². The monoisotopic (exact) mass is 127 g/mol. The molecule has 0 saturated carbocycles.